The molecule has 0 bridgehead atoms. The van der Waals surface area contributed by atoms with Crippen LogP contribution in [0.25, 0.3) is 0 Å². The number of carboxylic acid groups (broad SMARTS) is 2. The van der Waals surface area contributed by atoms with E-state index in [4.69, 9.17) is 0 Å². The van der Waals surface area contributed by atoms with Crippen molar-refractivity contribution < 1.29 is 42.2 Å². The Morgan fingerprint density at radius 1 is 1.06 bits per heavy atom. The summed E-state index contributed by atoms with van der Waals surface area (Å²) in [5.74, 6) is -2.21. The Morgan fingerprint density at radius 3 is 1.81 bits per heavy atom. The van der Waals surface area contributed by atoms with Crippen molar-refractivity contribution in [3.8, 4) is 0 Å². The summed E-state index contributed by atoms with van der Waals surface area (Å²) in [5, 5.41) is 21.2. The van der Waals surface area contributed by atoms with Crippen LogP contribution in [0.4, 0.5) is 0 Å². The van der Waals surface area contributed by atoms with Crippen LogP contribution in [0.3, 0.4) is 0 Å². The zero-order chi connectivity index (χ0) is 12.3. The maximum atomic E-state index is 10.9. The van der Waals surface area contributed by atoms with Gasteiger partial charge in [-0.3, -0.25) is 0 Å². The zero-order valence-electron chi connectivity index (χ0n) is 10.1. The average Bonchev–Trinajstić information content (AvgIpc) is 2.02. The van der Waals surface area contributed by atoms with Crippen molar-refractivity contribution in [2.24, 2.45) is 10.8 Å². The molecule has 0 heterocycles. The van der Waals surface area contributed by atoms with E-state index < -0.39 is 22.8 Å². The summed E-state index contributed by atoms with van der Waals surface area (Å²) in [6.45, 7) is 6.80. The molecule has 0 aliphatic heterocycles. The van der Waals surface area contributed by atoms with Gasteiger partial charge in [0.1, 0.15) is 0 Å². The van der Waals surface area contributed by atoms with Gasteiger partial charge in [0.25, 0.3) is 0 Å². The fourth-order valence-corrected chi connectivity index (χ4v) is 1.26. The summed E-state index contributed by atoms with van der Waals surface area (Å²) in [7, 11) is 0. The molecular formula is C11H18AgO4. The van der Waals surface area contributed by atoms with E-state index in [1.54, 1.807) is 27.7 Å². The Hall–Kier alpha value is -0.320. The van der Waals surface area contributed by atoms with E-state index >= 15 is 0 Å². The van der Waals surface area contributed by atoms with Crippen LogP contribution >= 0.6 is 0 Å². The smallest absolute Gasteiger partial charge is 0.550 e. The van der Waals surface area contributed by atoms with E-state index in [1.165, 1.54) is 0 Å². The van der Waals surface area contributed by atoms with Gasteiger partial charge in [-0.15, -0.1) is 0 Å². The van der Waals surface area contributed by atoms with Gasteiger partial charge in [0.2, 0.25) is 0 Å². The normalized spacial score (nSPS) is 11.8. The van der Waals surface area contributed by atoms with Gasteiger partial charge in [-0.05, 0) is 24.7 Å². The Morgan fingerprint density at radius 2 is 1.50 bits per heavy atom. The Bertz CT molecular complexity index is 259. The molecule has 1 radical (unpaired) electrons. The van der Waals surface area contributed by atoms with Crippen molar-refractivity contribution in [1.82, 2.24) is 0 Å². The molecular weight excluding hydrogens is 304 g/mol. The Labute approximate surface area is 112 Å². The average molecular weight is 322 g/mol. The summed E-state index contributed by atoms with van der Waals surface area (Å²) in [4.78, 5) is 21.2. The molecule has 0 aliphatic carbocycles. The van der Waals surface area contributed by atoms with Crippen molar-refractivity contribution in [3.63, 3.8) is 0 Å². The van der Waals surface area contributed by atoms with E-state index in [1.807, 2.05) is 0 Å². The second-order valence-corrected chi connectivity index (χ2v) is 5.02. The van der Waals surface area contributed by atoms with Gasteiger partial charge >= 0.3 is 22.4 Å². The van der Waals surface area contributed by atoms with Crippen LogP contribution in [0.2, 0.25) is 0 Å². The SMILES string of the molecule is CC(C)(CCCC(=O)[O-])C(C)(C)C(=O)[O-].[Ag+2]. The minimum Gasteiger partial charge on any atom is -0.550 e. The minimum atomic E-state index is -1.11. The van der Waals surface area contributed by atoms with Gasteiger partial charge in [-0.1, -0.05) is 27.7 Å². The van der Waals surface area contributed by atoms with Gasteiger partial charge in [-0.2, -0.15) is 0 Å². The third kappa shape index (κ3) is 4.68. The molecule has 0 atom stereocenters. The standard InChI is InChI=1S/C11H20O4.Ag/c1-10(2,7-5-6-8(12)13)11(3,4)9(14)15;/h5-7H2,1-4H3,(H,12,13)(H,14,15);/q;+2/p-2. The largest absolute Gasteiger partial charge is 2.00 e. The maximum Gasteiger partial charge on any atom is 2.00 e. The molecule has 97 valence electrons. The summed E-state index contributed by atoms with van der Waals surface area (Å²) in [5.41, 5.74) is -1.47. The second-order valence-electron chi connectivity index (χ2n) is 5.02. The monoisotopic (exact) mass is 321 g/mol. The molecule has 4 nitrogen and oxygen atoms in total. The number of carbonyl (C=O) groups excluding carboxylic acids is 2. The number of carboxylic acids is 2. The molecule has 16 heavy (non-hydrogen) atoms. The maximum absolute atomic E-state index is 10.9. The summed E-state index contributed by atoms with van der Waals surface area (Å²) >= 11 is 0. The second kappa shape index (κ2) is 6.42. The Balaban J connectivity index is 0. The number of rotatable bonds is 6. The van der Waals surface area contributed by atoms with E-state index in [0.29, 0.717) is 12.8 Å². The molecule has 0 aliphatic rings. The molecule has 5 heteroatoms. The van der Waals surface area contributed by atoms with Crippen molar-refractivity contribution in [1.29, 1.82) is 0 Å². The first-order valence-corrected chi connectivity index (χ1v) is 5.02. The van der Waals surface area contributed by atoms with Gasteiger partial charge in [0.05, 0.1) is 0 Å². The van der Waals surface area contributed by atoms with Gasteiger partial charge in [0.15, 0.2) is 0 Å². The summed E-state index contributed by atoms with van der Waals surface area (Å²) in [6, 6.07) is 0. The molecule has 0 aromatic carbocycles. The summed E-state index contributed by atoms with van der Waals surface area (Å²) in [6.07, 6.45) is 0.903. The van der Waals surface area contributed by atoms with Crippen LogP contribution in [0.5, 0.6) is 0 Å². The molecule has 0 amide bonds. The van der Waals surface area contributed by atoms with E-state index in [9.17, 15) is 19.8 Å². The van der Waals surface area contributed by atoms with Crippen LogP contribution in [-0.4, -0.2) is 11.9 Å². The molecule has 0 fully saturated rings. The molecule has 0 saturated heterocycles. The Kier molecular flexibility index (Phi) is 7.25. The summed E-state index contributed by atoms with van der Waals surface area (Å²) < 4.78 is 0. The quantitative estimate of drug-likeness (QED) is 0.629. The van der Waals surface area contributed by atoms with Crippen molar-refractivity contribution in [3.05, 3.63) is 0 Å². The topological polar surface area (TPSA) is 80.3 Å². The van der Waals surface area contributed by atoms with Crippen LogP contribution in [-0.2, 0) is 32.0 Å². The van der Waals surface area contributed by atoms with E-state index in [2.05, 4.69) is 0 Å². The van der Waals surface area contributed by atoms with Gasteiger partial charge in [0, 0.05) is 17.4 Å². The fraction of sp³-hybridized carbons (Fsp3) is 0.818. The fourth-order valence-electron chi connectivity index (χ4n) is 1.26. The molecule has 0 spiro atoms. The number of carbonyl (C=O) groups is 2. The first-order chi connectivity index (χ1) is 6.61. The van der Waals surface area contributed by atoms with Crippen molar-refractivity contribution in [2.45, 2.75) is 47.0 Å². The van der Waals surface area contributed by atoms with Gasteiger partial charge in [-0.25, -0.2) is 0 Å². The molecule has 0 aromatic heterocycles. The molecule has 0 rings (SSSR count). The number of hydrogen-bond acceptors (Lipinski definition) is 4. The molecule has 0 N–H and O–H groups in total. The molecule has 0 aromatic rings. The van der Waals surface area contributed by atoms with E-state index in [-0.39, 0.29) is 28.8 Å². The minimum absolute atomic E-state index is 0. The van der Waals surface area contributed by atoms with Crippen molar-refractivity contribution in [2.75, 3.05) is 0 Å². The van der Waals surface area contributed by atoms with E-state index in [0.717, 1.165) is 0 Å². The predicted octanol–water partition coefficient (Wildman–Crippen LogP) is -0.294. The van der Waals surface area contributed by atoms with Crippen LogP contribution < -0.4 is 10.2 Å². The number of hydrogen-bond donors (Lipinski definition) is 0. The first-order valence-electron chi connectivity index (χ1n) is 5.02. The van der Waals surface area contributed by atoms with Gasteiger partial charge < -0.3 is 19.8 Å². The third-order valence-corrected chi connectivity index (χ3v) is 3.38. The molecule has 0 saturated carbocycles. The first kappa shape index (κ1) is 18.1. The molecule has 0 unspecified atom stereocenters. The predicted molar refractivity (Wildman–Crippen MR) is 51.4 cm³/mol. The number of aliphatic carboxylic acids is 2. The van der Waals surface area contributed by atoms with Crippen molar-refractivity contribution >= 4 is 11.9 Å². The third-order valence-electron chi connectivity index (χ3n) is 3.38. The zero-order valence-corrected chi connectivity index (χ0v) is 11.5. The van der Waals surface area contributed by atoms with Crippen LogP contribution in [0, 0.1) is 10.8 Å². The van der Waals surface area contributed by atoms with Crippen LogP contribution in [0.15, 0.2) is 0 Å². The van der Waals surface area contributed by atoms with Crippen LogP contribution in [0.1, 0.15) is 47.0 Å².